The van der Waals surface area contributed by atoms with Gasteiger partial charge in [0.1, 0.15) is 0 Å². The van der Waals surface area contributed by atoms with Crippen molar-refractivity contribution in [1.29, 1.82) is 0 Å². The van der Waals surface area contributed by atoms with Crippen LogP contribution in [-0.2, 0) is 0 Å². The van der Waals surface area contributed by atoms with Crippen LogP contribution in [0.2, 0.25) is 0 Å². The number of aromatic nitrogens is 2. The Labute approximate surface area is 143 Å². The quantitative estimate of drug-likeness (QED) is 0.763. The van der Waals surface area contributed by atoms with Gasteiger partial charge >= 0.3 is 5.97 Å². The molecule has 0 aliphatic carbocycles. The van der Waals surface area contributed by atoms with Gasteiger partial charge in [0, 0.05) is 10.9 Å². The van der Waals surface area contributed by atoms with Crippen LogP contribution in [0.1, 0.15) is 10.5 Å². The maximum atomic E-state index is 11.6. The van der Waals surface area contributed by atoms with E-state index in [0.29, 0.717) is 33.7 Å². The second-order valence-corrected chi connectivity index (χ2v) is 5.13. The highest BCUT2D eigenvalue weighted by molar-refractivity contribution is 6.01. The summed E-state index contributed by atoms with van der Waals surface area (Å²) in [6, 6.07) is 10.3. The first-order valence-corrected chi connectivity index (χ1v) is 7.39. The summed E-state index contributed by atoms with van der Waals surface area (Å²) < 4.78 is 16.0. The lowest BCUT2D eigenvalue weighted by molar-refractivity contribution is 0.0693. The zero-order valence-corrected chi connectivity index (χ0v) is 13.9. The number of fused-ring (bicyclic) bond motifs is 1. The molecule has 7 nitrogen and oxygen atoms in total. The van der Waals surface area contributed by atoms with Crippen LogP contribution in [0.4, 0.5) is 0 Å². The minimum Gasteiger partial charge on any atom is -0.493 e. The minimum absolute atomic E-state index is 0.0608. The predicted molar refractivity (Wildman–Crippen MR) is 91.6 cm³/mol. The number of hydrogen-bond donors (Lipinski definition) is 1. The molecule has 0 spiro atoms. The van der Waals surface area contributed by atoms with Crippen molar-refractivity contribution in [2.45, 2.75) is 0 Å². The van der Waals surface area contributed by atoms with Crippen LogP contribution in [0.5, 0.6) is 17.2 Å². The average Bonchev–Trinajstić information content (AvgIpc) is 2.65. The molecule has 7 heteroatoms. The fourth-order valence-electron chi connectivity index (χ4n) is 2.58. The highest BCUT2D eigenvalue weighted by atomic mass is 16.5. The molecule has 0 aliphatic rings. The topological polar surface area (TPSA) is 90.8 Å². The molecule has 0 amide bonds. The van der Waals surface area contributed by atoms with E-state index in [0.717, 1.165) is 0 Å². The molecule has 0 bridgehead atoms. The van der Waals surface area contributed by atoms with E-state index in [1.165, 1.54) is 21.3 Å². The van der Waals surface area contributed by atoms with Gasteiger partial charge in [0.15, 0.2) is 23.0 Å². The van der Waals surface area contributed by atoms with E-state index in [1.807, 2.05) is 0 Å². The van der Waals surface area contributed by atoms with Crippen LogP contribution >= 0.6 is 0 Å². The molecule has 0 saturated carbocycles. The van der Waals surface area contributed by atoms with Crippen LogP contribution in [0, 0.1) is 0 Å². The van der Waals surface area contributed by atoms with Crippen LogP contribution in [0.3, 0.4) is 0 Å². The number of methoxy groups -OCH3 is 3. The number of nitrogens with zero attached hydrogens (tertiary/aromatic N) is 2. The summed E-state index contributed by atoms with van der Waals surface area (Å²) in [4.78, 5) is 20.3. The average molecular weight is 340 g/mol. The first-order chi connectivity index (χ1) is 12.1. The van der Waals surface area contributed by atoms with Crippen molar-refractivity contribution < 1.29 is 24.1 Å². The molecular formula is C18H16N2O5. The first kappa shape index (κ1) is 16.5. The van der Waals surface area contributed by atoms with Gasteiger partial charge in [-0.25, -0.2) is 14.8 Å². The summed E-state index contributed by atoms with van der Waals surface area (Å²) in [6.45, 7) is 0. The molecule has 1 aromatic heterocycles. The van der Waals surface area contributed by atoms with Crippen molar-refractivity contribution in [2.75, 3.05) is 21.3 Å². The number of hydrogen-bond acceptors (Lipinski definition) is 6. The molecule has 2 aromatic carbocycles. The van der Waals surface area contributed by atoms with Crippen molar-refractivity contribution >= 4 is 16.9 Å². The monoisotopic (exact) mass is 340 g/mol. The van der Waals surface area contributed by atoms with Gasteiger partial charge in [-0.05, 0) is 18.2 Å². The van der Waals surface area contributed by atoms with E-state index in [4.69, 9.17) is 14.2 Å². The molecule has 3 aromatic rings. The normalized spacial score (nSPS) is 10.5. The van der Waals surface area contributed by atoms with Crippen molar-refractivity contribution in [1.82, 2.24) is 9.97 Å². The largest absolute Gasteiger partial charge is 0.493 e. The molecule has 0 aliphatic heterocycles. The van der Waals surface area contributed by atoms with Gasteiger partial charge in [-0.15, -0.1) is 0 Å². The Morgan fingerprint density at radius 1 is 0.960 bits per heavy atom. The first-order valence-electron chi connectivity index (χ1n) is 7.39. The number of benzene rings is 2. The van der Waals surface area contributed by atoms with Crippen molar-refractivity contribution in [2.24, 2.45) is 0 Å². The Kier molecular flexibility index (Phi) is 4.38. The lowest BCUT2D eigenvalue weighted by atomic mass is 10.1. The van der Waals surface area contributed by atoms with Crippen molar-refractivity contribution in [3.63, 3.8) is 0 Å². The van der Waals surface area contributed by atoms with Gasteiger partial charge in [0.05, 0.1) is 26.8 Å². The molecule has 25 heavy (non-hydrogen) atoms. The Bertz CT molecular complexity index is 930. The maximum absolute atomic E-state index is 11.6. The third-order valence-corrected chi connectivity index (χ3v) is 3.73. The number of carboxylic acids is 1. The van der Waals surface area contributed by atoms with E-state index in [-0.39, 0.29) is 11.5 Å². The predicted octanol–water partition coefficient (Wildman–Crippen LogP) is 3.02. The van der Waals surface area contributed by atoms with Crippen LogP contribution in [0.25, 0.3) is 22.3 Å². The number of rotatable bonds is 5. The summed E-state index contributed by atoms with van der Waals surface area (Å²) in [5.41, 5.74) is 1.04. The summed E-state index contributed by atoms with van der Waals surface area (Å²) in [7, 11) is 4.52. The van der Waals surface area contributed by atoms with E-state index < -0.39 is 5.97 Å². The molecule has 0 atom stereocenters. The highest BCUT2D eigenvalue weighted by Crippen LogP contribution is 2.40. The van der Waals surface area contributed by atoms with Gasteiger partial charge in [-0.3, -0.25) is 0 Å². The molecule has 1 N–H and O–H groups in total. The molecule has 128 valence electrons. The van der Waals surface area contributed by atoms with Gasteiger partial charge in [-0.1, -0.05) is 18.2 Å². The molecule has 0 fully saturated rings. The standard InChI is InChI=1S/C18H16N2O5/c1-23-13-8-10(9-14(24-2)16(13)25-3)17-19-12-7-5-4-6-11(12)15(20-17)18(21)22/h4-9H,1-3H3,(H,21,22). The lowest BCUT2D eigenvalue weighted by Gasteiger charge is -2.14. The van der Waals surface area contributed by atoms with Crippen LogP contribution < -0.4 is 14.2 Å². The number of aromatic carboxylic acids is 1. The zero-order valence-electron chi connectivity index (χ0n) is 13.9. The van der Waals surface area contributed by atoms with Crippen LogP contribution in [-0.4, -0.2) is 42.4 Å². The third kappa shape index (κ3) is 2.91. The second kappa shape index (κ2) is 6.64. The van der Waals surface area contributed by atoms with Crippen molar-refractivity contribution in [3.05, 3.63) is 42.1 Å². The van der Waals surface area contributed by atoms with E-state index in [2.05, 4.69) is 9.97 Å². The number of ether oxygens (including phenoxy) is 3. The minimum atomic E-state index is -1.12. The maximum Gasteiger partial charge on any atom is 0.355 e. The molecule has 3 rings (SSSR count). The SMILES string of the molecule is COc1cc(-c2nc(C(=O)O)c3ccccc3n2)cc(OC)c1OC. The zero-order chi connectivity index (χ0) is 18.0. The molecular weight excluding hydrogens is 324 g/mol. The lowest BCUT2D eigenvalue weighted by Crippen LogP contribution is -2.05. The molecule has 1 heterocycles. The smallest absolute Gasteiger partial charge is 0.355 e. The highest BCUT2D eigenvalue weighted by Gasteiger charge is 2.18. The number of para-hydroxylation sites is 1. The van der Waals surface area contributed by atoms with Gasteiger partial charge in [0.25, 0.3) is 0 Å². The van der Waals surface area contributed by atoms with E-state index in [9.17, 15) is 9.90 Å². The van der Waals surface area contributed by atoms with Gasteiger partial charge in [0.2, 0.25) is 5.75 Å². The van der Waals surface area contributed by atoms with E-state index >= 15 is 0 Å². The Hall–Kier alpha value is -3.35. The van der Waals surface area contributed by atoms with Crippen LogP contribution in [0.15, 0.2) is 36.4 Å². The van der Waals surface area contributed by atoms with Crippen molar-refractivity contribution in [3.8, 4) is 28.6 Å². The summed E-state index contributed by atoms with van der Waals surface area (Å²) >= 11 is 0. The number of carboxylic acid groups (broad SMARTS) is 1. The fourth-order valence-corrected chi connectivity index (χ4v) is 2.58. The molecule has 0 saturated heterocycles. The summed E-state index contributed by atoms with van der Waals surface area (Å²) in [5.74, 6) is 0.451. The third-order valence-electron chi connectivity index (χ3n) is 3.73. The Morgan fingerprint density at radius 2 is 1.60 bits per heavy atom. The Morgan fingerprint density at radius 3 is 2.16 bits per heavy atom. The molecule has 0 radical (unpaired) electrons. The second-order valence-electron chi connectivity index (χ2n) is 5.13. The number of carbonyl (C=O) groups is 1. The molecule has 0 unspecified atom stereocenters. The fraction of sp³-hybridized carbons (Fsp3) is 0.167. The Balaban J connectivity index is 2.28. The summed E-state index contributed by atoms with van der Waals surface area (Å²) in [6.07, 6.45) is 0. The van der Waals surface area contributed by atoms with Gasteiger partial charge < -0.3 is 19.3 Å². The van der Waals surface area contributed by atoms with Gasteiger partial charge in [-0.2, -0.15) is 0 Å². The van der Waals surface area contributed by atoms with E-state index in [1.54, 1.807) is 36.4 Å². The summed E-state index contributed by atoms with van der Waals surface area (Å²) in [5, 5.41) is 9.96.